The summed E-state index contributed by atoms with van der Waals surface area (Å²) in [6.07, 6.45) is 0.462. The number of aryl methyl sites for hydroxylation is 2. The maximum atomic E-state index is 12.3. The summed E-state index contributed by atoms with van der Waals surface area (Å²) >= 11 is 1.64. The molecule has 4 heteroatoms. The smallest absolute Gasteiger partial charge is 0.220 e. The highest BCUT2D eigenvalue weighted by molar-refractivity contribution is 7.10. The molecule has 1 atom stereocenters. The minimum absolute atomic E-state index is 0.00854. The van der Waals surface area contributed by atoms with Gasteiger partial charge in [0, 0.05) is 23.3 Å². The first-order chi connectivity index (χ1) is 11.4. The van der Waals surface area contributed by atoms with Crippen LogP contribution in [0.5, 0.6) is 0 Å². The van der Waals surface area contributed by atoms with Crippen LogP contribution in [0.15, 0.2) is 35.7 Å². The van der Waals surface area contributed by atoms with Gasteiger partial charge in [0.25, 0.3) is 0 Å². The zero-order chi connectivity index (χ0) is 17.7. The fourth-order valence-electron chi connectivity index (χ4n) is 2.57. The molecule has 1 N–H and O–H groups in total. The molecule has 1 aromatic carbocycles. The van der Waals surface area contributed by atoms with Crippen LogP contribution in [0, 0.1) is 19.8 Å². The molecule has 0 radical (unpaired) electrons. The summed E-state index contributed by atoms with van der Waals surface area (Å²) in [5.74, 6) is 0.257. The molecule has 0 aliphatic carbocycles. The van der Waals surface area contributed by atoms with E-state index in [0.29, 0.717) is 11.5 Å². The van der Waals surface area contributed by atoms with Crippen LogP contribution in [0.4, 0.5) is 0 Å². The molecule has 0 unspecified atom stereocenters. The van der Waals surface area contributed by atoms with Gasteiger partial charge in [0.2, 0.25) is 5.91 Å². The number of benzene rings is 1. The Labute approximate surface area is 148 Å². The molecule has 0 fully saturated rings. The second-order valence-electron chi connectivity index (χ2n) is 6.53. The summed E-state index contributed by atoms with van der Waals surface area (Å²) in [6.45, 7) is 8.19. The van der Waals surface area contributed by atoms with Crippen molar-refractivity contribution in [3.05, 3.63) is 57.3 Å². The Hall–Kier alpha value is -1.94. The monoisotopic (exact) mass is 343 g/mol. The van der Waals surface area contributed by atoms with Crippen molar-refractivity contribution < 1.29 is 9.59 Å². The third kappa shape index (κ3) is 4.78. The van der Waals surface area contributed by atoms with E-state index in [1.807, 2.05) is 49.6 Å². The predicted octanol–water partition coefficient (Wildman–Crippen LogP) is 4.84. The summed E-state index contributed by atoms with van der Waals surface area (Å²) in [5, 5.41) is 5.08. The van der Waals surface area contributed by atoms with Crippen molar-refractivity contribution >= 4 is 23.0 Å². The predicted molar refractivity (Wildman–Crippen MR) is 99.5 cm³/mol. The number of hydrogen-bond acceptors (Lipinski definition) is 3. The molecule has 0 spiro atoms. The van der Waals surface area contributed by atoms with E-state index in [-0.39, 0.29) is 30.6 Å². The number of amides is 1. The quantitative estimate of drug-likeness (QED) is 0.731. The summed E-state index contributed by atoms with van der Waals surface area (Å²) < 4.78 is 0. The Morgan fingerprint density at radius 2 is 1.83 bits per heavy atom. The number of Topliss-reactive ketones (excluding diaryl/α,β-unsaturated/α-hetero) is 1. The van der Waals surface area contributed by atoms with Crippen LogP contribution < -0.4 is 5.32 Å². The Bertz CT molecular complexity index is 704. The largest absolute Gasteiger partial charge is 0.348 e. The van der Waals surface area contributed by atoms with Crippen molar-refractivity contribution in [2.75, 3.05) is 0 Å². The van der Waals surface area contributed by atoms with Gasteiger partial charge >= 0.3 is 0 Å². The van der Waals surface area contributed by atoms with Crippen molar-refractivity contribution in [2.24, 2.45) is 5.92 Å². The van der Waals surface area contributed by atoms with Gasteiger partial charge in [-0.1, -0.05) is 32.0 Å². The van der Waals surface area contributed by atoms with Gasteiger partial charge in [-0.2, -0.15) is 0 Å². The van der Waals surface area contributed by atoms with E-state index in [1.165, 1.54) is 5.56 Å². The van der Waals surface area contributed by atoms with Gasteiger partial charge in [-0.05, 0) is 48.4 Å². The van der Waals surface area contributed by atoms with Crippen molar-refractivity contribution in [1.82, 2.24) is 5.32 Å². The number of thiophene rings is 1. The zero-order valence-electron chi connectivity index (χ0n) is 14.8. The lowest BCUT2D eigenvalue weighted by Gasteiger charge is -2.21. The van der Waals surface area contributed by atoms with E-state index in [9.17, 15) is 9.59 Å². The van der Waals surface area contributed by atoms with Crippen LogP contribution in [-0.4, -0.2) is 11.7 Å². The number of rotatable bonds is 7. The van der Waals surface area contributed by atoms with Crippen molar-refractivity contribution in [3.63, 3.8) is 0 Å². The number of carbonyl (C=O) groups is 2. The van der Waals surface area contributed by atoms with E-state index in [2.05, 4.69) is 19.2 Å². The topological polar surface area (TPSA) is 46.2 Å². The van der Waals surface area contributed by atoms with E-state index in [4.69, 9.17) is 0 Å². The molecule has 128 valence electrons. The SMILES string of the molecule is Cc1ccc(C(=O)CCC(=O)N[C@H](c2cccs2)C(C)C)cc1C. The van der Waals surface area contributed by atoms with Crippen molar-refractivity contribution in [3.8, 4) is 0 Å². The van der Waals surface area contributed by atoms with Crippen LogP contribution in [0.1, 0.15) is 59.1 Å². The van der Waals surface area contributed by atoms with Gasteiger partial charge in [-0.25, -0.2) is 0 Å². The van der Waals surface area contributed by atoms with Crippen LogP contribution in [0.2, 0.25) is 0 Å². The first-order valence-corrected chi connectivity index (χ1v) is 9.19. The normalized spacial score (nSPS) is 12.2. The first-order valence-electron chi connectivity index (χ1n) is 8.31. The Kier molecular flexibility index (Phi) is 6.32. The molecule has 0 saturated heterocycles. The van der Waals surface area contributed by atoms with E-state index < -0.39 is 0 Å². The molecule has 24 heavy (non-hydrogen) atoms. The summed E-state index contributed by atoms with van der Waals surface area (Å²) in [5.41, 5.74) is 2.95. The van der Waals surface area contributed by atoms with Crippen molar-refractivity contribution in [2.45, 2.75) is 46.6 Å². The minimum atomic E-state index is -0.0701. The van der Waals surface area contributed by atoms with Gasteiger partial charge in [0.1, 0.15) is 0 Å². The highest BCUT2D eigenvalue weighted by Crippen LogP contribution is 2.26. The van der Waals surface area contributed by atoms with Gasteiger partial charge in [-0.3, -0.25) is 9.59 Å². The van der Waals surface area contributed by atoms with Gasteiger partial charge in [-0.15, -0.1) is 11.3 Å². The maximum absolute atomic E-state index is 12.3. The molecule has 1 heterocycles. The molecule has 0 bridgehead atoms. The number of carbonyl (C=O) groups excluding carboxylic acids is 2. The van der Waals surface area contributed by atoms with Crippen LogP contribution in [0.3, 0.4) is 0 Å². The van der Waals surface area contributed by atoms with E-state index in [0.717, 1.165) is 10.4 Å². The number of nitrogens with one attached hydrogen (secondary N) is 1. The molecule has 0 saturated carbocycles. The average Bonchev–Trinajstić information content (AvgIpc) is 3.06. The molecule has 2 aromatic rings. The third-order valence-electron chi connectivity index (χ3n) is 4.24. The van der Waals surface area contributed by atoms with Gasteiger partial charge in [0.05, 0.1) is 6.04 Å². The molecule has 0 aliphatic rings. The van der Waals surface area contributed by atoms with Crippen LogP contribution in [0.25, 0.3) is 0 Å². The maximum Gasteiger partial charge on any atom is 0.220 e. The summed E-state index contributed by atoms with van der Waals surface area (Å²) in [6, 6.07) is 9.73. The van der Waals surface area contributed by atoms with Gasteiger partial charge < -0.3 is 5.32 Å². The molecule has 1 amide bonds. The van der Waals surface area contributed by atoms with Gasteiger partial charge in [0.15, 0.2) is 5.78 Å². The lowest BCUT2D eigenvalue weighted by molar-refractivity contribution is -0.122. The highest BCUT2D eigenvalue weighted by Gasteiger charge is 2.19. The first kappa shape index (κ1) is 18.4. The van der Waals surface area contributed by atoms with Crippen LogP contribution in [-0.2, 0) is 4.79 Å². The summed E-state index contributed by atoms with van der Waals surface area (Å²) in [4.78, 5) is 25.7. The molecule has 1 aromatic heterocycles. The Morgan fingerprint density at radius 3 is 2.42 bits per heavy atom. The Balaban J connectivity index is 1.92. The van der Waals surface area contributed by atoms with Crippen LogP contribution >= 0.6 is 11.3 Å². The molecule has 2 rings (SSSR count). The lowest BCUT2D eigenvalue weighted by Crippen LogP contribution is -2.31. The molecule has 0 aliphatic heterocycles. The molecular formula is C20H25NO2S. The van der Waals surface area contributed by atoms with E-state index >= 15 is 0 Å². The minimum Gasteiger partial charge on any atom is -0.348 e. The number of ketones is 1. The average molecular weight is 343 g/mol. The second kappa shape index (κ2) is 8.25. The molecular weight excluding hydrogens is 318 g/mol. The molecule has 3 nitrogen and oxygen atoms in total. The lowest BCUT2D eigenvalue weighted by atomic mass is 10.00. The zero-order valence-corrected chi connectivity index (χ0v) is 15.6. The third-order valence-corrected chi connectivity index (χ3v) is 5.20. The fraction of sp³-hybridized carbons (Fsp3) is 0.400. The summed E-state index contributed by atoms with van der Waals surface area (Å²) in [7, 11) is 0. The highest BCUT2D eigenvalue weighted by atomic mass is 32.1. The standard InChI is InChI=1S/C20H25NO2S/c1-13(2)20(18-6-5-11-24-18)21-19(23)10-9-17(22)16-8-7-14(3)15(4)12-16/h5-8,11-13,20H,9-10H2,1-4H3,(H,21,23)/t20-/m0/s1. The number of hydrogen-bond donors (Lipinski definition) is 1. The second-order valence-corrected chi connectivity index (χ2v) is 7.51. The van der Waals surface area contributed by atoms with E-state index in [1.54, 1.807) is 11.3 Å². The fourth-order valence-corrected chi connectivity index (χ4v) is 3.52. The Morgan fingerprint density at radius 1 is 1.08 bits per heavy atom. The van der Waals surface area contributed by atoms with Crippen molar-refractivity contribution in [1.29, 1.82) is 0 Å².